The van der Waals surface area contributed by atoms with Crippen LogP contribution >= 0.6 is 0 Å². The molecule has 0 atom stereocenters. The zero-order valence-corrected chi connectivity index (χ0v) is 15.3. The number of hydrogen-bond acceptors (Lipinski definition) is 5. The first kappa shape index (κ1) is 17.0. The average molecular weight is 374 g/mol. The Bertz CT molecular complexity index is 892. The van der Waals surface area contributed by atoms with Gasteiger partial charge in [0, 0.05) is 19.2 Å². The van der Waals surface area contributed by atoms with E-state index in [1.165, 1.54) is 12.5 Å². The zero-order chi connectivity index (χ0) is 18.0. The number of fused-ring (bicyclic) bond motifs is 1. The average Bonchev–Trinajstić information content (AvgIpc) is 2.68. The summed E-state index contributed by atoms with van der Waals surface area (Å²) in [4.78, 5) is 2.40. The second-order valence-corrected chi connectivity index (χ2v) is 8.16. The Labute approximate surface area is 153 Å². The molecule has 0 amide bonds. The molecule has 2 aromatic carbocycles. The van der Waals surface area contributed by atoms with Gasteiger partial charge in [-0.15, -0.1) is 0 Å². The Morgan fingerprint density at radius 3 is 2.42 bits per heavy atom. The SMILES string of the molecule is O=S(=O)(Nc1ccccc1N1CCCCC1)c1ccc2c(c1)OCCO2. The van der Waals surface area contributed by atoms with Gasteiger partial charge in [-0.3, -0.25) is 4.72 Å². The van der Waals surface area contributed by atoms with Crippen molar-refractivity contribution >= 4 is 21.4 Å². The van der Waals surface area contributed by atoms with Crippen molar-refractivity contribution in [2.24, 2.45) is 0 Å². The van der Waals surface area contributed by atoms with Crippen LogP contribution in [0.2, 0.25) is 0 Å². The summed E-state index contributed by atoms with van der Waals surface area (Å²) < 4.78 is 39.5. The maximum absolute atomic E-state index is 12.9. The van der Waals surface area contributed by atoms with Crippen LogP contribution in [0.3, 0.4) is 0 Å². The van der Waals surface area contributed by atoms with Gasteiger partial charge in [0.05, 0.1) is 16.3 Å². The number of benzene rings is 2. The van der Waals surface area contributed by atoms with Crippen LogP contribution in [0.4, 0.5) is 11.4 Å². The predicted molar refractivity (Wildman–Crippen MR) is 101 cm³/mol. The highest BCUT2D eigenvalue weighted by atomic mass is 32.2. The molecule has 2 aromatic rings. The number of nitrogens with zero attached hydrogens (tertiary/aromatic N) is 1. The lowest BCUT2D eigenvalue weighted by Gasteiger charge is -2.30. The quantitative estimate of drug-likeness (QED) is 0.890. The summed E-state index contributed by atoms with van der Waals surface area (Å²) in [5.41, 5.74) is 1.53. The van der Waals surface area contributed by atoms with Gasteiger partial charge in [0.2, 0.25) is 0 Å². The Morgan fingerprint density at radius 2 is 1.62 bits per heavy atom. The fraction of sp³-hybridized carbons (Fsp3) is 0.368. The molecule has 0 saturated carbocycles. The Balaban J connectivity index is 1.62. The van der Waals surface area contributed by atoms with Crippen molar-refractivity contribution in [3.63, 3.8) is 0 Å². The summed E-state index contributed by atoms with van der Waals surface area (Å²) in [5.74, 6) is 1.03. The van der Waals surface area contributed by atoms with Crippen LogP contribution in [0.25, 0.3) is 0 Å². The van der Waals surface area contributed by atoms with Gasteiger partial charge in [-0.05, 0) is 43.5 Å². The number of rotatable bonds is 4. The number of hydrogen-bond donors (Lipinski definition) is 1. The van der Waals surface area contributed by atoms with E-state index in [4.69, 9.17) is 9.47 Å². The summed E-state index contributed by atoms with van der Waals surface area (Å²) in [6.45, 7) is 2.79. The smallest absolute Gasteiger partial charge is 0.262 e. The molecule has 0 unspecified atom stereocenters. The first-order valence-electron chi connectivity index (χ1n) is 8.90. The standard InChI is InChI=1S/C19H22N2O4S/c22-26(23,15-8-9-18-19(14-15)25-13-12-24-18)20-16-6-2-3-7-17(16)21-10-4-1-5-11-21/h2-3,6-9,14,20H,1,4-5,10-13H2. The summed E-state index contributed by atoms with van der Waals surface area (Å²) in [7, 11) is -3.72. The number of nitrogens with one attached hydrogen (secondary N) is 1. The van der Waals surface area contributed by atoms with E-state index in [2.05, 4.69) is 9.62 Å². The molecule has 26 heavy (non-hydrogen) atoms. The maximum atomic E-state index is 12.9. The van der Waals surface area contributed by atoms with Crippen LogP contribution in [-0.2, 0) is 10.0 Å². The van der Waals surface area contributed by atoms with Crippen LogP contribution in [0.15, 0.2) is 47.4 Å². The molecular formula is C19H22N2O4S. The largest absolute Gasteiger partial charge is 0.486 e. The van der Waals surface area contributed by atoms with E-state index in [0.29, 0.717) is 30.4 Å². The van der Waals surface area contributed by atoms with E-state index in [1.54, 1.807) is 18.2 Å². The highest BCUT2D eigenvalue weighted by molar-refractivity contribution is 7.92. The van der Waals surface area contributed by atoms with Crippen molar-refractivity contribution in [2.75, 3.05) is 35.9 Å². The first-order valence-corrected chi connectivity index (χ1v) is 10.4. The third-order valence-electron chi connectivity index (χ3n) is 4.67. The fourth-order valence-corrected chi connectivity index (χ4v) is 4.45. The summed E-state index contributed by atoms with van der Waals surface area (Å²) in [6.07, 6.45) is 3.48. The van der Waals surface area contributed by atoms with Gasteiger partial charge in [-0.2, -0.15) is 0 Å². The van der Waals surface area contributed by atoms with E-state index >= 15 is 0 Å². The second kappa shape index (κ2) is 7.07. The molecule has 4 rings (SSSR count). The molecule has 0 aromatic heterocycles. The molecule has 6 nitrogen and oxygen atoms in total. The van der Waals surface area contributed by atoms with Crippen LogP contribution in [0, 0.1) is 0 Å². The van der Waals surface area contributed by atoms with Crippen LogP contribution in [0.1, 0.15) is 19.3 Å². The van der Waals surface area contributed by atoms with Crippen molar-refractivity contribution in [3.8, 4) is 11.5 Å². The molecule has 2 heterocycles. The van der Waals surface area contributed by atoms with Gasteiger partial charge in [0.15, 0.2) is 11.5 Å². The van der Waals surface area contributed by atoms with Crippen LogP contribution in [0.5, 0.6) is 11.5 Å². The third-order valence-corrected chi connectivity index (χ3v) is 6.03. The minimum atomic E-state index is -3.72. The molecule has 138 valence electrons. The molecular weight excluding hydrogens is 352 g/mol. The van der Waals surface area contributed by atoms with Gasteiger partial charge in [-0.25, -0.2) is 8.42 Å². The van der Waals surface area contributed by atoms with Gasteiger partial charge in [-0.1, -0.05) is 12.1 Å². The first-order chi connectivity index (χ1) is 12.6. The molecule has 0 spiro atoms. The van der Waals surface area contributed by atoms with Crippen molar-refractivity contribution in [1.82, 2.24) is 0 Å². The molecule has 0 bridgehead atoms. The summed E-state index contributed by atoms with van der Waals surface area (Å²) >= 11 is 0. The number of sulfonamides is 1. The Kier molecular flexibility index (Phi) is 4.63. The van der Waals surface area contributed by atoms with Crippen molar-refractivity contribution < 1.29 is 17.9 Å². The lowest BCUT2D eigenvalue weighted by Crippen LogP contribution is -2.30. The molecule has 2 aliphatic rings. The van der Waals surface area contributed by atoms with Crippen molar-refractivity contribution in [1.29, 1.82) is 0 Å². The normalized spacial score (nSPS) is 17.0. The molecule has 7 heteroatoms. The lowest BCUT2D eigenvalue weighted by atomic mass is 10.1. The van der Waals surface area contributed by atoms with Gasteiger partial charge >= 0.3 is 0 Å². The Hall–Kier alpha value is -2.41. The molecule has 1 N–H and O–H groups in total. The Morgan fingerprint density at radius 1 is 0.885 bits per heavy atom. The molecule has 1 fully saturated rings. The topological polar surface area (TPSA) is 67.9 Å². The minimum absolute atomic E-state index is 0.162. The molecule has 0 aliphatic carbocycles. The van der Waals surface area contributed by atoms with E-state index in [-0.39, 0.29) is 4.90 Å². The van der Waals surface area contributed by atoms with Crippen LogP contribution < -0.4 is 19.1 Å². The van der Waals surface area contributed by atoms with Crippen LogP contribution in [-0.4, -0.2) is 34.7 Å². The van der Waals surface area contributed by atoms with E-state index in [1.807, 2.05) is 18.2 Å². The number of ether oxygens (including phenoxy) is 2. The molecule has 1 saturated heterocycles. The monoisotopic (exact) mass is 374 g/mol. The van der Waals surface area contributed by atoms with Gasteiger partial charge in [0.25, 0.3) is 10.0 Å². The fourth-order valence-electron chi connectivity index (χ4n) is 3.37. The number of para-hydroxylation sites is 2. The second-order valence-electron chi connectivity index (χ2n) is 6.48. The zero-order valence-electron chi connectivity index (χ0n) is 14.5. The highest BCUT2D eigenvalue weighted by Gasteiger charge is 2.22. The van der Waals surface area contributed by atoms with E-state index in [9.17, 15) is 8.42 Å². The summed E-state index contributed by atoms with van der Waals surface area (Å²) in [6, 6.07) is 12.2. The maximum Gasteiger partial charge on any atom is 0.262 e. The van der Waals surface area contributed by atoms with Gasteiger partial charge < -0.3 is 14.4 Å². The number of piperidine rings is 1. The lowest BCUT2D eigenvalue weighted by molar-refractivity contribution is 0.171. The third kappa shape index (κ3) is 3.44. The predicted octanol–water partition coefficient (Wildman–Crippen LogP) is 3.25. The van der Waals surface area contributed by atoms with E-state index < -0.39 is 10.0 Å². The number of anilines is 2. The molecule has 2 aliphatic heterocycles. The van der Waals surface area contributed by atoms with Crippen molar-refractivity contribution in [3.05, 3.63) is 42.5 Å². The van der Waals surface area contributed by atoms with E-state index in [0.717, 1.165) is 31.6 Å². The highest BCUT2D eigenvalue weighted by Crippen LogP contribution is 2.34. The molecule has 0 radical (unpaired) electrons. The minimum Gasteiger partial charge on any atom is -0.486 e. The van der Waals surface area contributed by atoms with Crippen molar-refractivity contribution in [2.45, 2.75) is 24.2 Å². The van der Waals surface area contributed by atoms with Gasteiger partial charge in [0.1, 0.15) is 13.2 Å². The summed E-state index contributed by atoms with van der Waals surface area (Å²) in [5, 5.41) is 0.